The van der Waals surface area contributed by atoms with Gasteiger partial charge in [0.1, 0.15) is 0 Å². The van der Waals surface area contributed by atoms with Gasteiger partial charge in [-0.25, -0.2) is 0 Å². The highest BCUT2D eigenvalue weighted by molar-refractivity contribution is 5.93. The average Bonchev–Trinajstić information content (AvgIpc) is 3.13. The van der Waals surface area contributed by atoms with E-state index >= 15 is 0 Å². The fourth-order valence-corrected chi connectivity index (χ4v) is 3.81. The first-order valence-electron chi connectivity index (χ1n) is 8.36. The van der Waals surface area contributed by atoms with Gasteiger partial charge in [0, 0.05) is 39.0 Å². The minimum atomic E-state index is -0.0423. The molecule has 1 N–H and O–H groups in total. The van der Waals surface area contributed by atoms with Crippen LogP contribution >= 0.6 is 0 Å². The maximum atomic E-state index is 12.4. The molecular formula is C16H24N4O2. The van der Waals surface area contributed by atoms with Gasteiger partial charge in [0.25, 0.3) is 5.91 Å². The zero-order chi connectivity index (χ0) is 15.1. The van der Waals surface area contributed by atoms with Crippen LogP contribution in [-0.2, 0) is 11.8 Å². The highest BCUT2D eigenvalue weighted by atomic mass is 16.5. The van der Waals surface area contributed by atoms with Crippen molar-refractivity contribution >= 4 is 5.91 Å². The van der Waals surface area contributed by atoms with Crippen molar-refractivity contribution in [2.45, 2.75) is 43.9 Å². The van der Waals surface area contributed by atoms with Crippen LogP contribution in [-0.4, -0.2) is 58.5 Å². The van der Waals surface area contributed by atoms with Crippen molar-refractivity contribution in [3.8, 4) is 0 Å². The molecule has 1 aliphatic carbocycles. The lowest BCUT2D eigenvalue weighted by atomic mass is 10.0. The molecule has 0 bridgehead atoms. The molecular weight excluding hydrogens is 280 g/mol. The monoisotopic (exact) mass is 304 g/mol. The number of rotatable bonds is 4. The molecule has 120 valence electrons. The van der Waals surface area contributed by atoms with Gasteiger partial charge in [-0.1, -0.05) is 0 Å². The van der Waals surface area contributed by atoms with Crippen molar-refractivity contribution in [3.05, 3.63) is 18.0 Å². The molecule has 0 unspecified atom stereocenters. The van der Waals surface area contributed by atoms with Crippen LogP contribution in [0, 0.1) is 5.92 Å². The third kappa shape index (κ3) is 2.77. The van der Waals surface area contributed by atoms with Crippen LogP contribution in [0.15, 0.2) is 12.4 Å². The summed E-state index contributed by atoms with van der Waals surface area (Å²) in [4.78, 5) is 14.9. The van der Waals surface area contributed by atoms with Gasteiger partial charge < -0.3 is 10.1 Å². The van der Waals surface area contributed by atoms with Crippen molar-refractivity contribution in [2.75, 3.05) is 19.7 Å². The molecule has 0 aromatic carbocycles. The summed E-state index contributed by atoms with van der Waals surface area (Å²) < 4.78 is 7.67. The lowest BCUT2D eigenvalue weighted by Gasteiger charge is -2.32. The molecule has 4 rings (SSSR count). The lowest BCUT2D eigenvalue weighted by molar-refractivity contribution is -0.0205. The van der Waals surface area contributed by atoms with Crippen LogP contribution < -0.4 is 5.32 Å². The molecule has 0 spiro atoms. The van der Waals surface area contributed by atoms with Crippen molar-refractivity contribution in [2.24, 2.45) is 13.0 Å². The number of nitrogens with one attached hydrogen (secondary N) is 1. The number of ether oxygens (including phenoxy) is 1. The maximum absolute atomic E-state index is 12.4. The summed E-state index contributed by atoms with van der Waals surface area (Å²) in [5.74, 6) is 0.828. The minimum Gasteiger partial charge on any atom is -0.374 e. The fourth-order valence-electron chi connectivity index (χ4n) is 3.81. The number of aromatic nitrogens is 2. The quantitative estimate of drug-likeness (QED) is 0.893. The predicted molar refractivity (Wildman–Crippen MR) is 81.5 cm³/mol. The molecule has 3 heterocycles. The number of hydrogen-bond donors (Lipinski definition) is 1. The number of fused-ring (bicyclic) bond motifs is 1. The van der Waals surface area contributed by atoms with Gasteiger partial charge in [-0.15, -0.1) is 0 Å². The molecule has 1 aromatic heterocycles. The Kier molecular flexibility index (Phi) is 3.66. The van der Waals surface area contributed by atoms with E-state index in [1.165, 1.54) is 25.8 Å². The summed E-state index contributed by atoms with van der Waals surface area (Å²) in [5, 5.41) is 7.24. The van der Waals surface area contributed by atoms with Crippen LogP contribution in [0.3, 0.4) is 0 Å². The summed E-state index contributed by atoms with van der Waals surface area (Å²) in [6.45, 7) is 2.90. The van der Waals surface area contributed by atoms with Crippen LogP contribution in [0.1, 0.15) is 36.0 Å². The maximum Gasteiger partial charge on any atom is 0.254 e. The van der Waals surface area contributed by atoms with E-state index in [1.807, 2.05) is 7.05 Å². The molecule has 2 aliphatic heterocycles. The number of likely N-dealkylation sites (tertiary alicyclic amines) is 1. The van der Waals surface area contributed by atoms with E-state index in [0.29, 0.717) is 11.6 Å². The van der Waals surface area contributed by atoms with Gasteiger partial charge in [0.15, 0.2) is 0 Å². The molecule has 22 heavy (non-hydrogen) atoms. The van der Waals surface area contributed by atoms with E-state index < -0.39 is 0 Å². The van der Waals surface area contributed by atoms with Gasteiger partial charge in [0.05, 0.1) is 23.9 Å². The normalized spacial score (nSPS) is 32.0. The van der Waals surface area contributed by atoms with Crippen LogP contribution in [0.25, 0.3) is 0 Å². The Morgan fingerprint density at radius 2 is 2.32 bits per heavy atom. The molecule has 1 aromatic rings. The Morgan fingerprint density at radius 3 is 3.05 bits per heavy atom. The average molecular weight is 304 g/mol. The summed E-state index contributed by atoms with van der Waals surface area (Å²) >= 11 is 0. The Labute approximate surface area is 130 Å². The smallest absolute Gasteiger partial charge is 0.254 e. The third-order valence-electron chi connectivity index (χ3n) is 5.10. The van der Waals surface area contributed by atoms with Crippen molar-refractivity contribution in [1.29, 1.82) is 0 Å². The second kappa shape index (κ2) is 5.66. The number of nitrogens with zero attached hydrogens (tertiary/aromatic N) is 3. The molecule has 1 amide bonds. The van der Waals surface area contributed by atoms with Crippen molar-refractivity contribution in [3.63, 3.8) is 0 Å². The van der Waals surface area contributed by atoms with Gasteiger partial charge in [-0.05, 0) is 31.6 Å². The molecule has 3 fully saturated rings. The molecule has 3 atom stereocenters. The summed E-state index contributed by atoms with van der Waals surface area (Å²) in [6.07, 6.45) is 8.57. The van der Waals surface area contributed by atoms with E-state index in [1.54, 1.807) is 17.1 Å². The Bertz CT molecular complexity index is 554. The number of carbonyl (C=O) groups excluding carboxylic acids is 1. The highest BCUT2D eigenvalue weighted by Gasteiger charge is 2.45. The molecule has 3 aliphatic rings. The molecule has 6 nitrogen and oxygen atoms in total. The summed E-state index contributed by atoms with van der Waals surface area (Å²) in [5.41, 5.74) is 0.621. The Balaban J connectivity index is 1.44. The van der Waals surface area contributed by atoms with Crippen LogP contribution in [0.2, 0.25) is 0 Å². The van der Waals surface area contributed by atoms with Gasteiger partial charge in [0.2, 0.25) is 0 Å². The van der Waals surface area contributed by atoms with E-state index in [0.717, 1.165) is 25.5 Å². The van der Waals surface area contributed by atoms with Crippen LogP contribution in [0.4, 0.5) is 0 Å². The zero-order valence-corrected chi connectivity index (χ0v) is 13.1. The van der Waals surface area contributed by atoms with Crippen LogP contribution in [0.5, 0.6) is 0 Å². The Morgan fingerprint density at radius 1 is 1.45 bits per heavy atom. The first-order chi connectivity index (χ1) is 10.7. The van der Waals surface area contributed by atoms with E-state index in [-0.39, 0.29) is 18.1 Å². The molecule has 0 radical (unpaired) electrons. The molecule has 2 saturated heterocycles. The molecule has 1 saturated carbocycles. The Hall–Kier alpha value is -1.40. The summed E-state index contributed by atoms with van der Waals surface area (Å²) in [7, 11) is 1.82. The highest BCUT2D eigenvalue weighted by Crippen LogP contribution is 2.35. The van der Waals surface area contributed by atoms with Gasteiger partial charge in [-0.2, -0.15) is 5.10 Å². The second-order valence-electron chi connectivity index (χ2n) is 6.92. The topological polar surface area (TPSA) is 59.4 Å². The standard InChI is InChI=1S/C16H24N4O2/c1-19-9-12(7-17-19)16(21)18-13-10-20(8-11-4-5-11)14-3-2-6-22-15(13)14/h7,9,11,13-15H,2-6,8,10H2,1H3,(H,18,21)/t13-,14-,15-/m1/s1. The fraction of sp³-hybridized carbons (Fsp3) is 0.750. The van der Waals surface area contributed by atoms with E-state index in [9.17, 15) is 4.79 Å². The summed E-state index contributed by atoms with van der Waals surface area (Å²) in [6, 6.07) is 0.574. The number of carbonyl (C=O) groups is 1. The van der Waals surface area contributed by atoms with Crippen molar-refractivity contribution < 1.29 is 9.53 Å². The van der Waals surface area contributed by atoms with Gasteiger partial charge >= 0.3 is 0 Å². The second-order valence-corrected chi connectivity index (χ2v) is 6.92. The molecule has 6 heteroatoms. The lowest BCUT2D eigenvalue weighted by Crippen LogP contribution is -2.47. The largest absolute Gasteiger partial charge is 0.374 e. The number of aryl methyl sites for hydroxylation is 1. The number of amides is 1. The zero-order valence-electron chi connectivity index (χ0n) is 13.1. The van der Waals surface area contributed by atoms with Gasteiger partial charge in [-0.3, -0.25) is 14.4 Å². The number of hydrogen-bond acceptors (Lipinski definition) is 4. The first kappa shape index (κ1) is 14.2. The third-order valence-corrected chi connectivity index (χ3v) is 5.10. The van der Waals surface area contributed by atoms with E-state index in [2.05, 4.69) is 15.3 Å². The SMILES string of the molecule is Cn1cc(C(=O)N[C@@H]2CN(CC3CC3)[C@@H]3CCCO[C@@H]32)cn1. The first-order valence-corrected chi connectivity index (χ1v) is 8.36. The minimum absolute atomic E-state index is 0.0423. The van der Waals surface area contributed by atoms with Crippen molar-refractivity contribution in [1.82, 2.24) is 20.0 Å². The van der Waals surface area contributed by atoms with E-state index in [4.69, 9.17) is 4.74 Å². The predicted octanol–water partition coefficient (Wildman–Crippen LogP) is 0.792.